The summed E-state index contributed by atoms with van der Waals surface area (Å²) in [7, 11) is 0. The molecule has 0 aliphatic carbocycles. The molecule has 0 heterocycles. The highest BCUT2D eigenvalue weighted by atomic mass is 19.3. The molecule has 0 N–H and O–H groups in total. The Balaban J connectivity index is 2.42. The van der Waals surface area contributed by atoms with E-state index in [0.29, 0.717) is 12.3 Å². The molecule has 1 aromatic rings. The number of benzene rings is 1. The van der Waals surface area contributed by atoms with Gasteiger partial charge < -0.3 is 9.57 Å². The fourth-order valence-electron chi connectivity index (χ4n) is 1.79. The first kappa shape index (κ1) is 21.9. The van der Waals surface area contributed by atoms with Crippen LogP contribution in [-0.4, -0.2) is 37.2 Å². The first-order valence-corrected chi connectivity index (χ1v) is 8.11. The molecule has 146 valence electrons. The van der Waals surface area contributed by atoms with E-state index in [1.54, 1.807) is 20.8 Å². The zero-order chi connectivity index (χ0) is 19.8. The maximum atomic E-state index is 12.9. The summed E-state index contributed by atoms with van der Waals surface area (Å²) in [4.78, 5) is 16.3. The van der Waals surface area contributed by atoms with Crippen LogP contribution in [-0.2, 0) is 20.8 Å². The van der Waals surface area contributed by atoms with Crippen LogP contribution >= 0.6 is 0 Å². The van der Waals surface area contributed by atoms with Crippen molar-refractivity contribution in [2.75, 3.05) is 13.2 Å². The second-order valence-corrected chi connectivity index (χ2v) is 6.48. The van der Waals surface area contributed by atoms with Gasteiger partial charge in [0.1, 0.15) is 13.2 Å². The SMILES string of the molecule is C/C(=N\OCCCc1ccccc1)C(C)(C)COC(=O)C(F)(F)C(F)F. The van der Waals surface area contributed by atoms with Crippen molar-refractivity contribution in [3.8, 4) is 0 Å². The number of esters is 1. The minimum absolute atomic E-state index is 0.353. The molecule has 1 rings (SSSR count). The number of alkyl halides is 4. The number of ether oxygens (including phenoxy) is 1. The number of halogens is 4. The molecule has 0 fully saturated rings. The van der Waals surface area contributed by atoms with E-state index in [4.69, 9.17) is 4.84 Å². The predicted octanol–water partition coefficient (Wildman–Crippen LogP) is 4.48. The van der Waals surface area contributed by atoms with Gasteiger partial charge in [0, 0.05) is 5.41 Å². The monoisotopic (exact) mass is 377 g/mol. The minimum atomic E-state index is -4.82. The summed E-state index contributed by atoms with van der Waals surface area (Å²) in [6, 6.07) is 9.82. The quantitative estimate of drug-likeness (QED) is 0.199. The summed E-state index contributed by atoms with van der Waals surface area (Å²) in [5.74, 6) is -7.08. The van der Waals surface area contributed by atoms with Crippen molar-refractivity contribution in [2.24, 2.45) is 10.6 Å². The van der Waals surface area contributed by atoms with E-state index >= 15 is 0 Å². The Kier molecular flexibility index (Phi) is 8.05. The molecule has 0 atom stereocenters. The minimum Gasteiger partial charge on any atom is -0.460 e. The summed E-state index contributed by atoms with van der Waals surface area (Å²) in [5, 5.41) is 3.89. The Morgan fingerprint density at radius 3 is 2.38 bits per heavy atom. The van der Waals surface area contributed by atoms with Crippen molar-refractivity contribution in [3.63, 3.8) is 0 Å². The maximum absolute atomic E-state index is 12.9. The van der Waals surface area contributed by atoms with Crippen molar-refractivity contribution in [1.29, 1.82) is 0 Å². The highest BCUT2D eigenvalue weighted by Gasteiger charge is 2.51. The van der Waals surface area contributed by atoms with Gasteiger partial charge >= 0.3 is 18.3 Å². The topological polar surface area (TPSA) is 47.9 Å². The molecule has 0 saturated heterocycles. The van der Waals surface area contributed by atoms with E-state index in [2.05, 4.69) is 9.89 Å². The van der Waals surface area contributed by atoms with E-state index in [1.165, 1.54) is 5.56 Å². The summed E-state index contributed by atoms with van der Waals surface area (Å²) in [6.45, 7) is 4.57. The van der Waals surface area contributed by atoms with Gasteiger partial charge in [0.2, 0.25) is 0 Å². The second kappa shape index (κ2) is 9.54. The van der Waals surface area contributed by atoms with Gasteiger partial charge in [0.05, 0.1) is 5.71 Å². The molecule has 26 heavy (non-hydrogen) atoms. The van der Waals surface area contributed by atoms with Crippen LogP contribution in [0.25, 0.3) is 0 Å². The highest BCUT2D eigenvalue weighted by molar-refractivity contribution is 5.87. The average Bonchev–Trinajstić information content (AvgIpc) is 2.59. The number of nitrogens with zero attached hydrogens (tertiary/aromatic N) is 1. The van der Waals surface area contributed by atoms with Crippen LogP contribution in [0.5, 0.6) is 0 Å². The molecule has 0 radical (unpaired) electrons. The third kappa shape index (κ3) is 6.65. The van der Waals surface area contributed by atoms with Gasteiger partial charge in [0.25, 0.3) is 0 Å². The van der Waals surface area contributed by atoms with Gasteiger partial charge in [-0.15, -0.1) is 0 Å². The molecule has 1 aromatic carbocycles. The lowest BCUT2D eigenvalue weighted by atomic mass is 9.89. The number of hydrogen-bond donors (Lipinski definition) is 0. The molecular formula is C18H23F4NO3. The zero-order valence-electron chi connectivity index (χ0n) is 15.0. The van der Waals surface area contributed by atoms with Crippen LogP contribution in [0.3, 0.4) is 0 Å². The summed E-state index contributed by atoms with van der Waals surface area (Å²) >= 11 is 0. The van der Waals surface area contributed by atoms with Crippen LogP contribution in [0.15, 0.2) is 35.5 Å². The standard InChI is InChI=1S/C18H23F4NO3/c1-13(23-26-11-7-10-14-8-5-4-6-9-14)17(2,3)12-25-16(24)18(21,22)15(19)20/h4-6,8-9,15H,7,10-12H2,1-3H3/b23-13+. The highest BCUT2D eigenvalue weighted by Crippen LogP contribution is 2.26. The van der Waals surface area contributed by atoms with Gasteiger partial charge in [-0.25, -0.2) is 13.6 Å². The van der Waals surface area contributed by atoms with Crippen LogP contribution in [0.1, 0.15) is 32.8 Å². The molecule has 0 bridgehead atoms. The molecule has 0 saturated carbocycles. The summed E-state index contributed by atoms with van der Waals surface area (Å²) < 4.78 is 54.3. The average molecular weight is 377 g/mol. The summed E-state index contributed by atoms with van der Waals surface area (Å²) in [5.41, 5.74) is 0.627. The fourth-order valence-corrected chi connectivity index (χ4v) is 1.79. The molecule has 0 aliphatic heterocycles. The number of carbonyl (C=O) groups is 1. The maximum Gasteiger partial charge on any atom is 0.401 e. The van der Waals surface area contributed by atoms with Gasteiger partial charge in [-0.3, -0.25) is 0 Å². The fraction of sp³-hybridized carbons (Fsp3) is 0.556. The van der Waals surface area contributed by atoms with Gasteiger partial charge in [0.15, 0.2) is 0 Å². The van der Waals surface area contributed by atoms with Gasteiger partial charge in [-0.1, -0.05) is 49.3 Å². The van der Waals surface area contributed by atoms with Crippen molar-refractivity contribution in [2.45, 2.75) is 46.0 Å². The number of hydrogen-bond acceptors (Lipinski definition) is 4. The third-order valence-electron chi connectivity index (χ3n) is 3.84. The molecule has 0 amide bonds. The van der Waals surface area contributed by atoms with E-state index in [1.807, 2.05) is 30.3 Å². The van der Waals surface area contributed by atoms with Crippen molar-refractivity contribution < 1.29 is 31.9 Å². The van der Waals surface area contributed by atoms with Crippen molar-refractivity contribution >= 4 is 11.7 Å². The van der Waals surface area contributed by atoms with Crippen LogP contribution in [0, 0.1) is 5.41 Å². The molecule has 0 aromatic heterocycles. The molecular weight excluding hydrogens is 354 g/mol. The molecule has 0 unspecified atom stereocenters. The Bertz CT molecular complexity index is 604. The van der Waals surface area contributed by atoms with Crippen molar-refractivity contribution in [1.82, 2.24) is 0 Å². The lowest BCUT2D eigenvalue weighted by Gasteiger charge is -2.24. The molecule has 4 nitrogen and oxygen atoms in total. The van der Waals surface area contributed by atoms with E-state index in [9.17, 15) is 22.4 Å². The Morgan fingerprint density at radius 1 is 1.19 bits per heavy atom. The largest absolute Gasteiger partial charge is 0.460 e. The normalized spacial score (nSPS) is 13.0. The lowest BCUT2D eigenvalue weighted by Crippen LogP contribution is -2.40. The van der Waals surface area contributed by atoms with E-state index in [0.717, 1.165) is 12.8 Å². The van der Waals surface area contributed by atoms with Crippen molar-refractivity contribution in [3.05, 3.63) is 35.9 Å². The Hall–Kier alpha value is -2.12. The third-order valence-corrected chi connectivity index (χ3v) is 3.84. The zero-order valence-corrected chi connectivity index (χ0v) is 15.0. The summed E-state index contributed by atoms with van der Waals surface area (Å²) in [6.07, 6.45) is -2.56. The second-order valence-electron chi connectivity index (χ2n) is 6.48. The molecule has 0 spiro atoms. The lowest BCUT2D eigenvalue weighted by molar-refractivity contribution is -0.195. The number of carbonyl (C=O) groups excluding carboxylic acids is 1. The van der Waals surface area contributed by atoms with Gasteiger partial charge in [-0.05, 0) is 25.3 Å². The van der Waals surface area contributed by atoms with E-state index in [-0.39, 0.29) is 0 Å². The number of oxime groups is 1. The first-order valence-electron chi connectivity index (χ1n) is 8.11. The smallest absolute Gasteiger partial charge is 0.401 e. The van der Waals surface area contributed by atoms with Crippen LogP contribution in [0.4, 0.5) is 17.6 Å². The van der Waals surface area contributed by atoms with Crippen LogP contribution < -0.4 is 0 Å². The predicted molar refractivity (Wildman–Crippen MR) is 89.5 cm³/mol. The van der Waals surface area contributed by atoms with E-state index < -0.39 is 30.3 Å². The Morgan fingerprint density at radius 2 is 1.81 bits per heavy atom. The number of rotatable bonds is 10. The van der Waals surface area contributed by atoms with Crippen LogP contribution in [0.2, 0.25) is 0 Å². The number of aryl methyl sites for hydroxylation is 1. The first-order chi connectivity index (χ1) is 12.1. The van der Waals surface area contributed by atoms with Gasteiger partial charge in [-0.2, -0.15) is 8.78 Å². The molecule has 0 aliphatic rings. The Labute approximate surface area is 150 Å². The molecule has 8 heteroatoms.